The Morgan fingerprint density at radius 2 is 1.90 bits per heavy atom. The molecule has 0 amide bonds. The first-order chi connectivity index (χ1) is 10.0. The van der Waals surface area contributed by atoms with Crippen molar-refractivity contribution >= 4 is 32.8 Å². The number of halogens is 1. The molecule has 0 aliphatic heterocycles. The van der Waals surface area contributed by atoms with Gasteiger partial charge in [-0.2, -0.15) is 0 Å². The molecule has 0 spiro atoms. The molecular weight excluding hydrogens is 330 g/mol. The number of rotatable bonds is 3. The van der Waals surface area contributed by atoms with E-state index < -0.39 is 5.97 Å². The SMILES string of the molecule is Cc1ccc2[nH]c(-c3ccc(Br)cc3)c(CC(=O)O)c2c1. The second-order valence-electron chi connectivity index (χ2n) is 5.10. The number of hydrogen-bond donors (Lipinski definition) is 2. The van der Waals surface area contributed by atoms with E-state index in [-0.39, 0.29) is 6.42 Å². The van der Waals surface area contributed by atoms with E-state index in [2.05, 4.69) is 20.9 Å². The van der Waals surface area contributed by atoms with Gasteiger partial charge in [-0.25, -0.2) is 0 Å². The fourth-order valence-corrected chi connectivity index (χ4v) is 2.82. The molecule has 0 fully saturated rings. The van der Waals surface area contributed by atoms with Crippen molar-refractivity contribution < 1.29 is 9.90 Å². The van der Waals surface area contributed by atoms with Gasteiger partial charge in [0.15, 0.2) is 0 Å². The number of carboxylic acids is 1. The lowest BCUT2D eigenvalue weighted by molar-refractivity contribution is -0.136. The van der Waals surface area contributed by atoms with Crippen molar-refractivity contribution in [3.63, 3.8) is 0 Å². The molecule has 0 bridgehead atoms. The predicted molar refractivity (Wildman–Crippen MR) is 87.5 cm³/mol. The zero-order valence-corrected chi connectivity index (χ0v) is 13.1. The van der Waals surface area contributed by atoms with Gasteiger partial charge in [0.05, 0.1) is 12.1 Å². The van der Waals surface area contributed by atoms with E-state index in [1.165, 1.54) is 0 Å². The zero-order valence-electron chi connectivity index (χ0n) is 11.5. The highest BCUT2D eigenvalue weighted by molar-refractivity contribution is 9.10. The molecule has 0 saturated carbocycles. The lowest BCUT2D eigenvalue weighted by atomic mass is 10.0. The van der Waals surface area contributed by atoms with Crippen molar-refractivity contribution in [2.24, 2.45) is 0 Å². The number of nitrogens with one attached hydrogen (secondary N) is 1. The molecule has 3 aromatic rings. The lowest BCUT2D eigenvalue weighted by Crippen LogP contribution is -2.01. The molecule has 0 aliphatic rings. The molecule has 3 nitrogen and oxygen atoms in total. The van der Waals surface area contributed by atoms with Gasteiger partial charge in [-0.15, -0.1) is 0 Å². The highest BCUT2D eigenvalue weighted by atomic mass is 79.9. The molecule has 2 aromatic carbocycles. The molecular formula is C17H14BrNO2. The third-order valence-electron chi connectivity index (χ3n) is 3.52. The number of carboxylic acid groups (broad SMARTS) is 1. The first-order valence-corrected chi connectivity index (χ1v) is 7.43. The molecule has 106 valence electrons. The number of fused-ring (bicyclic) bond motifs is 1. The van der Waals surface area contributed by atoms with Crippen LogP contribution in [0.15, 0.2) is 46.9 Å². The Bertz CT molecular complexity index is 819. The van der Waals surface area contributed by atoms with Gasteiger partial charge in [0.25, 0.3) is 0 Å². The van der Waals surface area contributed by atoms with Crippen LogP contribution in [0, 0.1) is 6.92 Å². The summed E-state index contributed by atoms with van der Waals surface area (Å²) in [5, 5.41) is 10.2. The predicted octanol–water partition coefficient (Wildman–Crippen LogP) is 4.53. The second kappa shape index (κ2) is 5.37. The van der Waals surface area contributed by atoms with Crippen molar-refractivity contribution in [2.45, 2.75) is 13.3 Å². The smallest absolute Gasteiger partial charge is 0.307 e. The fraction of sp³-hybridized carbons (Fsp3) is 0.118. The summed E-state index contributed by atoms with van der Waals surface area (Å²) in [6.07, 6.45) is 0.00878. The Labute approximate surface area is 130 Å². The molecule has 0 unspecified atom stereocenters. The minimum Gasteiger partial charge on any atom is -0.481 e. The maximum atomic E-state index is 11.2. The summed E-state index contributed by atoms with van der Waals surface area (Å²) in [6.45, 7) is 2.01. The Kier molecular flexibility index (Phi) is 3.55. The van der Waals surface area contributed by atoms with Gasteiger partial charge in [0.1, 0.15) is 0 Å². The third-order valence-corrected chi connectivity index (χ3v) is 4.05. The number of aryl methyl sites for hydroxylation is 1. The normalized spacial score (nSPS) is 11.0. The third kappa shape index (κ3) is 2.72. The van der Waals surface area contributed by atoms with E-state index in [1.807, 2.05) is 49.4 Å². The first kappa shape index (κ1) is 13.9. The van der Waals surface area contributed by atoms with Crippen LogP contribution >= 0.6 is 15.9 Å². The van der Waals surface area contributed by atoms with Crippen LogP contribution in [-0.4, -0.2) is 16.1 Å². The van der Waals surface area contributed by atoms with Crippen molar-refractivity contribution in [2.75, 3.05) is 0 Å². The molecule has 1 aromatic heterocycles. The maximum absolute atomic E-state index is 11.2. The minimum atomic E-state index is -0.823. The van der Waals surface area contributed by atoms with Gasteiger partial charge in [-0.3, -0.25) is 4.79 Å². The number of aromatic amines is 1. The van der Waals surface area contributed by atoms with Crippen LogP contribution < -0.4 is 0 Å². The van der Waals surface area contributed by atoms with Crippen molar-refractivity contribution in [1.82, 2.24) is 4.98 Å². The number of carbonyl (C=O) groups is 1. The summed E-state index contributed by atoms with van der Waals surface area (Å²) in [6, 6.07) is 13.9. The summed E-state index contributed by atoms with van der Waals surface area (Å²) in [5.41, 5.74) is 4.79. The first-order valence-electron chi connectivity index (χ1n) is 6.63. The Hall–Kier alpha value is -2.07. The Balaban J connectivity index is 2.25. The molecule has 0 saturated heterocycles. The summed E-state index contributed by atoms with van der Waals surface area (Å²) >= 11 is 3.42. The monoisotopic (exact) mass is 343 g/mol. The number of benzene rings is 2. The van der Waals surface area contributed by atoms with Crippen LogP contribution in [0.5, 0.6) is 0 Å². The molecule has 4 heteroatoms. The van der Waals surface area contributed by atoms with Crippen LogP contribution in [0.1, 0.15) is 11.1 Å². The van der Waals surface area contributed by atoms with Gasteiger partial charge < -0.3 is 10.1 Å². The molecule has 3 rings (SSSR count). The topological polar surface area (TPSA) is 53.1 Å². The van der Waals surface area contributed by atoms with Crippen LogP contribution in [0.3, 0.4) is 0 Å². The van der Waals surface area contributed by atoms with E-state index in [9.17, 15) is 9.90 Å². The number of hydrogen-bond acceptors (Lipinski definition) is 1. The number of aromatic nitrogens is 1. The largest absolute Gasteiger partial charge is 0.481 e. The number of H-pyrrole nitrogens is 1. The van der Waals surface area contributed by atoms with E-state index in [0.29, 0.717) is 0 Å². The van der Waals surface area contributed by atoms with Crippen molar-refractivity contribution in [3.8, 4) is 11.3 Å². The average molecular weight is 344 g/mol. The summed E-state index contributed by atoms with van der Waals surface area (Å²) in [4.78, 5) is 14.6. The minimum absolute atomic E-state index is 0.00878. The van der Waals surface area contributed by atoms with Crippen LogP contribution in [0.4, 0.5) is 0 Å². The zero-order chi connectivity index (χ0) is 15.0. The molecule has 0 atom stereocenters. The summed E-state index contributed by atoms with van der Waals surface area (Å²) in [5.74, 6) is -0.823. The maximum Gasteiger partial charge on any atom is 0.307 e. The van der Waals surface area contributed by atoms with Gasteiger partial charge in [0.2, 0.25) is 0 Å². The van der Waals surface area contributed by atoms with Gasteiger partial charge in [-0.05, 0) is 42.3 Å². The van der Waals surface area contributed by atoms with Crippen LogP contribution in [0.25, 0.3) is 22.2 Å². The summed E-state index contributed by atoms with van der Waals surface area (Å²) < 4.78 is 0.998. The standard InChI is InChI=1S/C17H14BrNO2/c1-10-2-7-15-13(8-10)14(9-16(20)21)17(19-15)11-3-5-12(18)6-4-11/h2-8,19H,9H2,1H3,(H,20,21). The molecule has 21 heavy (non-hydrogen) atoms. The molecule has 2 N–H and O–H groups in total. The van der Waals surface area contributed by atoms with Crippen LogP contribution in [0.2, 0.25) is 0 Å². The Morgan fingerprint density at radius 1 is 1.19 bits per heavy atom. The average Bonchev–Trinajstić information content (AvgIpc) is 2.77. The van der Waals surface area contributed by atoms with Gasteiger partial charge >= 0.3 is 5.97 Å². The quantitative estimate of drug-likeness (QED) is 0.733. The highest BCUT2D eigenvalue weighted by Crippen LogP contribution is 2.32. The Morgan fingerprint density at radius 3 is 2.57 bits per heavy atom. The van der Waals surface area contributed by atoms with E-state index in [0.717, 1.165) is 37.8 Å². The number of aliphatic carboxylic acids is 1. The lowest BCUT2D eigenvalue weighted by Gasteiger charge is -2.03. The molecule has 0 aliphatic carbocycles. The fourth-order valence-electron chi connectivity index (χ4n) is 2.56. The van der Waals surface area contributed by atoms with Gasteiger partial charge in [-0.1, -0.05) is 39.7 Å². The van der Waals surface area contributed by atoms with Crippen molar-refractivity contribution in [3.05, 3.63) is 58.1 Å². The van der Waals surface area contributed by atoms with E-state index >= 15 is 0 Å². The van der Waals surface area contributed by atoms with Gasteiger partial charge in [0, 0.05) is 15.4 Å². The van der Waals surface area contributed by atoms with Crippen molar-refractivity contribution in [1.29, 1.82) is 0 Å². The van der Waals surface area contributed by atoms with E-state index in [4.69, 9.17) is 0 Å². The molecule has 0 radical (unpaired) electrons. The van der Waals surface area contributed by atoms with E-state index in [1.54, 1.807) is 0 Å². The molecule has 1 heterocycles. The summed E-state index contributed by atoms with van der Waals surface area (Å²) in [7, 11) is 0. The highest BCUT2D eigenvalue weighted by Gasteiger charge is 2.15. The van der Waals surface area contributed by atoms with Crippen LogP contribution in [-0.2, 0) is 11.2 Å². The second-order valence-corrected chi connectivity index (χ2v) is 6.02.